The summed E-state index contributed by atoms with van der Waals surface area (Å²) < 4.78 is 53.7. The maximum Gasteiger partial charge on any atom is 0.257 e. The van der Waals surface area contributed by atoms with Gasteiger partial charge in [0.2, 0.25) is 0 Å². The summed E-state index contributed by atoms with van der Waals surface area (Å²) in [6.07, 6.45) is 3.59. The highest BCUT2D eigenvalue weighted by molar-refractivity contribution is 7.92. The van der Waals surface area contributed by atoms with Gasteiger partial charge in [-0.05, 0) is 23.6 Å². The summed E-state index contributed by atoms with van der Waals surface area (Å²) in [6, 6.07) is 4.36. The number of aromatic nitrogens is 1. The van der Waals surface area contributed by atoms with Gasteiger partial charge in [0.1, 0.15) is 9.96 Å². The normalized spacial score (nSPS) is 15.5. The standard InChI is InChI=1S/C21H29N3O6S3/c1-21(2,3)14-30-17-7-6-15(32(4,26)27)12-16(17)19(25)23-8-10-24(11-9-23)20-22-13-18(31-20)33(5,28)29/h6-7,12-13H,8-11,14H2,1-5H3. The summed E-state index contributed by atoms with van der Waals surface area (Å²) in [7, 11) is -6.81. The number of carbonyl (C=O) groups excluding carboxylic acids is 1. The summed E-state index contributed by atoms with van der Waals surface area (Å²) in [5.41, 5.74) is 0.0733. The Morgan fingerprint density at radius 3 is 2.21 bits per heavy atom. The van der Waals surface area contributed by atoms with Crippen molar-refractivity contribution >= 4 is 42.1 Å². The summed E-state index contributed by atoms with van der Waals surface area (Å²) in [6.45, 7) is 8.11. The molecule has 1 amide bonds. The van der Waals surface area contributed by atoms with Crippen LogP contribution in [0.15, 0.2) is 33.5 Å². The molecule has 0 spiro atoms. The number of anilines is 1. The van der Waals surface area contributed by atoms with Crippen molar-refractivity contribution in [1.29, 1.82) is 0 Å². The number of rotatable bonds is 6. The number of benzene rings is 1. The molecule has 33 heavy (non-hydrogen) atoms. The summed E-state index contributed by atoms with van der Waals surface area (Å²) >= 11 is 1.11. The van der Waals surface area contributed by atoms with Crippen molar-refractivity contribution in [2.75, 3.05) is 50.2 Å². The second-order valence-electron chi connectivity index (χ2n) is 9.29. The zero-order valence-electron chi connectivity index (χ0n) is 19.4. The quantitative estimate of drug-likeness (QED) is 0.576. The lowest BCUT2D eigenvalue weighted by Crippen LogP contribution is -2.48. The molecule has 0 radical (unpaired) electrons. The van der Waals surface area contributed by atoms with Gasteiger partial charge in [-0.3, -0.25) is 4.79 Å². The molecule has 182 valence electrons. The van der Waals surface area contributed by atoms with E-state index >= 15 is 0 Å². The van der Waals surface area contributed by atoms with Crippen LogP contribution >= 0.6 is 11.3 Å². The zero-order chi connectivity index (χ0) is 24.6. The average molecular weight is 516 g/mol. The summed E-state index contributed by atoms with van der Waals surface area (Å²) in [5, 5.41) is 0.593. The maximum absolute atomic E-state index is 13.3. The highest BCUT2D eigenvalue weighted by Gasteiger charge is 2.28. The summed E-state index contributed by atoms with van der Waals surface area (Å²) in [4.78, 5) is 21.2. The predicted octanol–water partition coefficient (Wildman–Crippen LogP) is 2.34. The predicted molar refractivity (Wildman–Crippen MR) is 128 cm³/mol. The molecule has 1 saturated heterocycles. The van der Waals surface area contributed by atoms with E-state index in [0.29, 0.717) is 43.7 Å². The van der Waals surface area contributed by atoms with Crippen molar-refractivity contribution in [3.8, 4) is 5.75 Å². The van der Waals surface area contributed by atoms with Gasteiger partial charge in [-0.2, -0.15) is 0 Å². The molecule has 0 atom stereocenters. The Balaban J connectivity index is 1.79. The van der Waals surface area contributed by atoms with E-state index in [-0.39, 0.29) is 26.0 Å². The van der Waals surface area contributed by atoms with Gasteiger partial charge >= 0.3 is 0 Å². The molecule has 12 heteroatoms. The number of carbonyl (C=O) groups is 1. The van der Waals surface area contributed by atoms with Crippen molar-refractivity contribution in [1.82, 2.24) is 9.88 Å². The van der Waals surface area contributed by atoms with Gasteiger partial charge in [-0.15, -0.1) is 0 Å². The third-order valence-electron chi connectivity index (χ3n) is 4.95. The second kappa shape index (κ2) is 9.22. The van der Waals surface area contributed by atoms with Crippen molar-refractivity contribution in [2.45, 2.75) is 29.9 Å². The van der Waals surface area contributed by atoms with Gasteiger partial charge in [-0.1, -0.05) is 32.1 Å². The van der Waals surface area contributed by atoms with Gasteiger partial charge in [0.25, 0.3) is 5.91 Å². The number of piperazine rings is 1. The Morgan fingerprint density at radius 2 is 1.70 bits per heavy atom. The van der Waals surface area contributed by atoms with Crippen LogP contribution in [0.25, 0.3) is 0 Å². The van der Waals surface area contributed by atoms with Crippen LogP contribution in [-0.2, 0) is 19.7 Å². The minimum Gasteiger partial charge on any atom is -0.492 e. The van der Waals surface area contributed by atoms with E-state index in [1.54, 1.807) is 4.90 Å². The number of ether oxygens (including phenoxy) is 1. The number of hydrogen-bond acceptors (Lipinski definition) is 9. The third kappa shape index (κ3) is 6.45. The molecule has 2 aromatic rings. The number of amides is 1. The molecule has 1 aliphatic heterocycles. The highest BCUT2D eigenvalue weighted by Crippen LogP contribution is 2.29. The molecule has 9 nitrogen and oxygen atoms in total. The molecule has 0 bridgehead atoms. The Morgan fingerprint density at radius 1 is 1.06 bits per heavy atom. The number of sulfone groups is 2. The Labute approximate surface area is 199 Å². The van der Waals surface area contributed by atoms with E-state index in [9.17, 15) is 21.6 Å². The molecule has 3 rings (SSSR count). The van der Waals surface area contributed by atoms with E-state index in [4.69, 9.17) is 4.74 Å². The minimum absolute atomic E-state index is 0.0590. The van der Waals surface area contributed by atoms with Crippen molar-refractivity contribution in [3.05, 3.63) is 30.0 Å². The van der Waals surface area contributed by atoms with Gasteiger partial charge < -0.3 is 14.5 Å². The van der Waals surface area contributed by atoms with E-state index in [2.05, 4.69) is 4.98 Å². The Hall–Kier alpha value is -2.18. The molecule has 0 unspecified atom stereocenters. The lowest BCUT2D eigenvalue weighted by atomic mass is 9.98. The zero-order valence-corrected chi connectivity index (χ0v) is 21.8. The van der Waals surface area contributed by atoms with Gasteiger partial charge in [0.05, 0.1) is 23.3 Å². The van der Waals surface area contributed by atoms with Crippen molar-refractivity contribution in [3.63, 3.8) is 0 Å². The first kappa shape index (κ1) is 25.4. The number of thiazole rings is 1. The van der Waals surface area contributed by atoms with Crippen molar-refractivity contribution < 1.29 is 26.4 Å². The molecule has 1 aliphatic rings. The Kier molecular flexibility index (Phi) is 7.11. The molecule has 0 aliphatic carbocycles. The van der Waals surface area contributed by atoms with E-state index in [0.717, 1.165) is 23.8 Å². The fraction of sp³-hybridized carbons (Fsp3) is 0.524. The average Bonchev–Trinajstić information content (AvgIpc) is 3.21. The van der Waals surface area contributed by atoms with Crippen LogP contribution in [0.4, 0.5) is 5.13 Å². The fourth-order valence-corrected chi connectivity index (χ4v) is 5.59. The lowest BCUT2D eigenvalue weighted by Gasteiger charge is -2.35. The van der Waals surface area contributed by atoms with Gasteiger partial charge in [0.15, 0.2) is 24.8 Å². The molecule has 0 saturated carbocycles. The molecular weight excluding hydrogens is 486 g/mol. The molecular formula is C21H29N3O6S3. The SMILES string of the molecule is CC(C)(C)COc1ccc(S(C)(=O)=O)cc1C(=O)N1CCN(c2ncc(S(C)(=O)=O)s2)CC1. The largest absolute Gasteiger partial charge is 0.492 e. The van der Waals surface area contributed by atoms with Gasteiger partial charge in [-0.25, -0.2) is 21.8 Å². The first-order valence-corrected chi connectivity index (χ1v) is 14.9. The topological polar surface area (TPSA) is 114 Å². The fourth-order valence-electron chi connectivity index (χ4n) is 3.17. The van der Waals surface area contributed by atoms with E-state index in [1.807, 2.05) is 25.7 Å². The number of nitrogens with zero attached hydrogens (tertiary/aromatic N) is 3. The minimum atomic E-state index is -3.49. The third-order valence-corrected chi connectivity index (χ3v) is 8.90. The van der Waals surface area contributed by atoms with Crippen LogP contribution < -0.4 is 9.64 Å². The molecule has 1 fully saturated rings. The van der Waals surface area contributed by atoms with Crippen LogP contribution in [0.5, 0.6) is 5.75 Å². The Bertz CT molecular complexity index is 1240. The monoisotopic (exact) mass is 515 g/mol. The second-order valence-corrected chi connectivity index (χ2v) is 14.6. The van der Waals surface area contributed by atoms with Crippen LogP contribution in [0.2, 0.25) is 0 Å². The van der Waals surface area contributed by atoms with Crippen LogP contribution in [0.1, 0.15) is 31.1 Å². The first-order valence-electron chi connectivity index (χ1n) is 10.3. The van der Waals surface area contributed by atoms with Crippen LogP contribution in [-0.4, -0.2) is 77.9 Å². The molecule has 2 heterocycles. The van der Waals surface area contributed by atoms with Crippen molar-refractivity contribution in [2.24, 2.45) is 5.41 Å². The lowest BCUT2D eigenvalue weighted by molar-refractivity contribution is 0.0739. The molecule has 0 N–H and O–H groups in total. The van der Waals surface area contributed by atoms with E-state index < -0.39 is 19.7 Å². The van der Waals surface area contributed by atoms with Crippen LogP contribution in [0.3, 0.4) is 0 Å². The molecule has 1 aromatic carbocycles. The smallest absolute Gasteiger partial charge is 0.257 e. The van der Waals surface area contributed by atoms with Crippen LogP contribution in [0, 0.1) is 5.41 Å². The van der Waals surface area contributed by atoms with E-state index in [1.165, 1.54) is 24.4 Å². The molecule has 1 aromatic heterocycles. The first-order chi connectivity index (χ1) is 15.1. The van der Waals surface area contributed by atoms with Gasteiger partial charge in [0, 0.05) is 38.7 Å². The maximum atomic E-state index is 13.3. The highest BCUT2D eigenvalue weighted by atomic mass is 32.2. The number of hydrogen-bond donors (Lipinski definition) is 0. The summed E-state index contributed by atoms with van der Waals surface area (Å²) in [5.74, 6) is 0.0440.